The Balaban J connectivity index is 2.25. The molecule has 5 nitrogen and oxygen atoms in total. The van der Waals surface area contributed by atoms with Crippen LogP contribution >= 0.6 is 0 Å². The average molecular weight is 224 g/mol. The minimum absolute atomic E-state index is 0.00532. The Bertz CT molecular complexity index is 308. The molecule has 0 aliphatic rings. The van der Waals surface area contributed by atoms with Crippen molar-refractivity contribution in [3.8, 4) is 0 Å². The molecule has 5 heteroatoms. The lowest BCUT2D eigenvalue weighted by Crippen LogP contribution is -2.37. The van der Waals surface area contributed by atoms with E-state index in [2.05, 4.69) is 29.6 Å². The molecular weight excluding hydrogens is 204 g/mol. The molecule has 2 N–H and O–H groups in total. The molecule has 1 atom stereocenters. The molecular formula is C11H20N4O. The smallest absolute Gasteiger partial charge is 0.244 e. The molecule has 1 aromatic rings. The Morgan fingerprint density at radius 1 is 1.38 bits per heavy atom. The van der Waals surface area contributed by atoms with Gasteiger partial charge in [0.25, 0.3) is 0 Å². The number of hydrogen-bond acceptors (Lipinski definition) is 3. The quantitative estimate of drug-likeness (QED) is 0.694. The van der Waals surface area contributed by atoms with Crippen LogP contribution in [0.3, 0.4) is 0 Å². The van der Waals surface area contributed by atoms with Gasteiger partial charge in [0, 0.05) is 31.5 Å². The van der Waals surface area contributed by atoms with Gasteiger partial charge in [-0.15, -0.1) is 0 Å². The highest BCUT2D eigenvalue weighted by Crippen LogP contribution is 2.02. The van der Waals surface area contributed by atoms with E-state index in [4.69, 9.17) is 0 Å². The summed E-state index contributed by atoms with van der Waals surface area (Å²) in [5, 5.41) is 10.1. The Kier molecular flexibility index (Phi) is 4.98. The Morgan fingerprint density at radius 2 is 2.12 bits per heavy atom. The molecule has 0 bridgehead atoms. The molecule has 1 unspecified atom stereocenters. The number of nitrogens with zero attached hydrogens (tertiary/aromatic N) is 2. The van der Waals surface area contributed by atoms with Gasteiger partial charge in [0.2, 0.25) is 5.91 Å². The van der Waals surface area contributed by atoms with Crippen molar-refractivity contribution < 1.29 is 4.79 Å². The second kappa shape index (κ2) is 6.27. The third-order valence-corrected chi connectivity index (χ3v) is 2.28. The van der Waals surface area contributed by atoms with E-state index < -0.39 is 0 Å². The van der Waals surface area contributed by atoms with Crippen molar-refractivity contribution in [1.82, 2.24) is 20.4 Å². The highest BCUT2D eigenvalue weighted by molar-refractivity contribution is 5.79. The summed E-state index contributed by atoms with van der Waals surface area (Å²) in [6.07, 6.45) is 3.46. The summed E-state index contributed by atoms with van der Waals surface area (Å²) in [7, 11) is 0. The van der Waals surface area contributed by atoms with Crippen LogP contribution in [0.2, 0.25) is 0 Å². The van der Waals surface area contributed by atoms with Crippen molar-refractivity contribution in [3.05, 3.63) is 18.5 Å². The molecule has 0 radical (unpaired) electrons. The highest BCUT2D eigenvalue weighted by atomic mass is 16.2. The van der Waals surface area contributed by atoms with E-state index in [1.54, 1.807) is 17.1 Å². The van der Waals surface area contributed by atoms with Gasteiger partial charge in [0.15, 0.2) is 0 Å². The van der Waals surface area contributed by atoms with Crippen molar-refractivity contribution in [2.45, 2.75) is 32.9 Å². The molecule has 1 heterocycles. The predicted molar refractivity (Wildman–Crippen MR) is 63.1 cm³/mol. The van der Waals surface area contributed by atoms with E-state index in [9.17, 15) is 4.79 Å². The first-order valence-electron chi connectivity index (χ1n) is 5.61. The Morgan fingerprint density at radius 3 is 2.69 bits per heavy atom. The van der Waals surface area contributed by atoms with Crippen molar-refractivity contribution in [1.29, 1.82) is 0 Å². The molecule has 16 heavy (non-hydrogen) atoms. The molecule has 0 aromatic carbocycles. The van der Waals surface area contributed by atoms with Crippen LogP contribution in [0.25, 0.3) is 0 Å². The van der Waals surface area contributed by atoms with Crippen molar-refractivity contribution in [3.63, 3.8) is 0 Å². The summed E-state index contributed by atoms with van der Waals surface area (Å²) in [5.41, 5.74) is 0. The molecule has 0 saturated carbocycles. The standard InChI is InChI=1S/C11H20N4O/c1-9(2)12-6-7-13-11(16)10(3)15-8-4-5-14-15/h4-5,8-10,12H,6-7H2,1-3H3,(H,13,16). The van der Waals surface area contributed by atoms with E-state index in [0.717, 1.165) is 6.54 Å². The van der Waals surface area contributed by atoms with Crippen LogP contribution in [0.4, 0.5) is 0 Å². The average Bonchev–Trinajstić information content (AvgIpc) is 2.76. The molecule has 0 aliphatic heterocycles. The van der Waals surface area contributed by atoms with Gasteiger partial charge in [-0.25, -0.2) is 0 Å². The predicted octanol–water partition coefficient (Wildman–Crippen LogP) is 0.558. The summed E-state index contributed by atoms with van der Waals surface area (Å²) < 4.78 is 1.64. The Labute approximate surface area is 96.2 Å². The van der Waals surface area contributed by atoms with Crippen molar-refractivity contribution in [2.75, 3.05) is 13.1 Å². The summed E-state index contributed by atoms with van der Waals surface area (Å²) in [4.78, 5) is 11.7. The summed E-state index contributed by atoms with van der Waals surface area (Å²) >= 11 is 0. The first-order chi connectivity index (χ1) is 7.61. The van der Waals surface area contributed by atoms with Crippen LogP contribution in [-0.4, -0.2) is 34.8 Å². The monoisotopic (exact) mass is 224 g/mol. The third kappa shape index (κ3) is 4.02. The fraction of sp³-hybridized carbons (Fsp3) is 0.636. The molecule has 1 aromatic heterocycles. The van der Waals surface area contributed by atoms with Crippen LogP contribution in [0.1, 0.15) is 26.8 Å². The molecule has 1 amide bonds. The number of amides is 1. The normalized spacial score (nSPS) is 12.8. The molecule has 0 aliphatic carbocycles. The first kappa shape index (κ1) is 12.7. The molecule has 0 saturated heterocycles. The maximum atomic E-state index is 11.7. The van der Waals surface area contributed by atoms with E-state index >= 15 is 0 Å². The van der Waals surface area contributed by atoms with Crippen LogP contribution in [0, 0.1) is 0 Å². The van der Waals surface area contributed by atoms with Gasteiger partial charge in [-0.05, 0) is 13.0 Å². The molecule has 0 spiro atoms. The van der Waals surface area contributed by atoms with Gasteiger partial charge in [0.1, 0.15) is 6.04 Å². The number of aromatic nitrogens is 2. The van der Waals surface area contributed by atoms with E-state index in [0.29, 0.717) is 12.6 Å². The topological polar surface area (TPSA) is 58.9 Å². The Hall–Kier alpha value is -1.36. The van der Waals surface area contributed by atoms with Gasteiger partial charge in [-0.3, -0.25) is 9.48 Å². The van der Waals surface area contributed by atoms with Gasteiger partial charge >= 0.3 is 0 Å². The van der Waals surface area contributed by atoms with Gasteiger partial charge < -0.3 is 10.6 Å². The third-order valence-electron chi connectivity index (χ3n) is 2.28. The van der Waals surface area contributed by atoms with Crippen molar-refractivity contribution in [2.24, 2.45) is 0 Å². The van der Waals surface area contributed by atoms with Crippen LogP contribution in [0.5, 0.6) is 0 Å². The van der Waals surface area contributed by atoms with E-state index in [1.165, 1.54) is 0 Å². The summed E-state index contributed by atoms with van der Waals surface area (Å²) in [6.45, 7) is 7.42. The number of rotatable bonds is 6. The van der Waals surface area contributed by atoms with Gasteiger partial charge in [0.05, 0.1) is 0 Å². The number of hydrogen-bond donors (Lipinski definition) is 2. The lowest BCUT2D eigenvalue weighted by atomic mass is 10.3. The van der Waals surface area contributed by atoms with Crippen molar-refractivity contribution >= 4 is 5.91 Å². The second-order valence-electron chi connectivity index (χ2n) is 4.06. The molecule has 1 rings (SSSR count). The molecule has 90 valence electrons. The minimum atomic E-state index is -0.256. The summed E-state index contributed by atoms with van der Waals surface area (Å²) in [5.74, 6) is -0.00532. The molecule has 0 fully saturated rings. The fourth-order valence-electron chi connectivity index (χ4n) is 1.32. The maximum Gasteiger partial charge on any atom is 0.244 e. The number of carbonyl (C=O) groups excluding carboxylic acids is 1. The first-order valence-corrected chi connectivity index (χ1v) is 5.61. The number of nitrogens with one attached hydrogen (secondary N) is 2. The van der Waals surface area contributed by atoms with E-state index in [-0.39, 0.29) is 11.9 Å². The highest BCUT2D eigenvalue weighted by Gasteiger charge is 2.13. The lowest BCUT2D eigenvalue weighted by molar-refractivity contribution is -0.124. The summed E-state index contributed by atoms with van der Waals surface area (Å²) in [6, 6.07) is 2.00. The zero-order valence-electron chi connectivity index (χ0n) is 10.1. The minimum Gasteiger partial charge on any atom is -0.353 e. The van der Waals surface area contributed by atoms with Gasteiger partial charge in [-0.2, -0.15) is 5.10 Å². The zero-order valence-corrected chi connectivity index (χ0v) is 10.1. The SMILES string of the molecule is CC(C)NCCNC(=O)C(C)n1cccn1. The van der Waals surface area contributed by atoms with E-state index in [1.807, 2.05) is 13.0 Å². The maximum absolute atomic E-state index is 11.7. The lowest BCUT2D eigenvalue weighted by Gasteiger charge is -2.13. The fourth-order valence-corrected chi connectivity index (χ4v) is 1.32. The zero-order chi connectivity index (χ0) is 12.0. The number of carbonyl (C=O) groups is 1. The second-order valence-corrected chi connectivity index (χ2v) is 4.06. The van der Waals surface area contributed by atoms with Crippen LogP contribution in [-0.2, 0) is 4.79 Å². The van der Waals surface area contributed by atoms with Crippen LogP contribution < -0.4 is 10.6 Å². The largest absolute Gasteiger partial charge is 0.353 e. The van der Waals surface area contributed by atoms with Gasteiger partial charge in [-0.1, -0.05) is 13.8 Å². The van der Waals surface area contributed by atoms with Crippen LogP contribution in [0.15, 0.2) is 18.5 Å².